The molecule has 18 heavy (non-hydrogen) atoms. The smallest absolute Gasteiger partial charge is 0.123 e. The van der Waals surface area contributed by atoms with Gasteiger partial charge in [-0.3, -0.25) is 0 Å². The lowest BCUT2D eigenvalue weighted by molar-refractivity contribution is 0.627. The summed E-state index contributed by atoms with van der Waals surface area (Å²) >= 11 is 12.1. The Morgan fingerprint density at radius 3 is 2.50 bits per heavy atom. The van der Waals surface area contributed by atoms with Crippen LogP contribution in [-0.2, 0) is 6.42 Å². The van der Waals surface area contributed by atoms with Crippen molar-refractivity contribution in [2.75, 3.05) is 6.54 Å². The van der Waals surface area contributed by atoms with E-state index < -0.39 is 0 Å². The van der Waals surface area contributed by atoms with Crippen molar-refractivity contribution < 1.29 is 4.39 Å². The van der Waals surface area contributed by atoms with E-state index >= 15 is 0 Å². The molecule has 94 valence electrons. The lowest BCUT2D eigenvalue weighted by Gasteiger charge is -2.11. The van der Waals surface area contributed by atoms with Crippen LogP contribution in [0.3, 0.4) is 0 Å². The maximum absolute atomic E-state index is 13.4. The van der Waals surface area contributed by atoms with Crippen LogP contribution in [0.15, 0.2) is 36.4 Å². The molecular formula is C14H12Cl2FN. The largest absolute Gasteiger partial charge is 0.330 e. The van der Waals surface area contributed by atoms with Crippen molar-refractivity contribution >= 4 is 23.2 Å². The summed E-state index contributed by atoms with van der Waals surface area (Å²) in [5, 5.41) is 1.11. The molecule has 0 aliphatic rings. The Morgan fingerprint density at radius 2 is 1.78 bits per heavy atom. The minimum atomic E-state index is -0.304. The molecule has 0 saturated carbocycles. The van der Waals surface area contributed by atoms with E-state index in [0.717, 1.165) is 16.7 Å². The lowest BCUT2D eigenvalue weighted by Crippen LogP contribution is -2.04. The Bertz CT molecular complexity index is 570. The highest BCUT2D eigenvalue weighted by molar-refractivity contribution is 6.35. The minimum absolute atomic E-state index is 0.304. The zero-order chi connectivity index (χ0) is 13.1. The summed E-state index contributed by atoms with van der Waals surface area (Å²) in [6.07, 6.45) is 0.665. The fourth-order valence-electron chi connectivity index (χ4n) is 1.88. The summed E-state index contributed by atoms with van der Waals surface area (Å²) in [5.74, 6) is -0.304. The molecule has 2 rings (SSSR count). The molecule has 1 nitrogen and oxygen atoms in total. The van der Waals surface area contributed by atoms with E-state index in [1.165, 1.54) is 12.1 Å². The first-order valence-electron chi connectivity index (χ1n) is 5.55. The number of benzene rings is 2. The van der Waals surface area contributed by atoms with Crippen LogP contribution in [0.2, 0.25) is 10.0 Å². The van der Waals surface area contributed by atoms with Gasteiger partial charge in [-0.25, -0.2) is 4.39 Å². The highest BCUT2D eigenvalue weighted by Gasteiger charge is 2.10. The van der Waals surface area contributed by atoms with Crippen LogP contribution in [0.4, 0.5) is 4.39 Å². The molecule has 0 aliphatic carbocycles. The molecule has 0 radical (unpaired) electrons. The van der Waals surface area contributed by atoms with Crippen LogP contribution in [0.1, 0.15) is 5.56 Å². The van der Waals surface area contributed by atoms with Crippen LogP contribution in [0.5, 0.6) is 0 Å². The molecule has 0 atom stereocenters. The van der Waals surface area contributed by atoms with Crippen LogP contribution >= 0.6 is 23.2 Å². The molecule has 0 fully saturated rings. The fraction of sp³-hybridized carbons (Fsp3) is 0.143. The molecule has 0 heterocycles. The van der Waals surface area contributed by atoms with Crippen LogP contribution in [0.25, 0.3) is 11.1 Å². The van der Waals surface area contributed by atoms with E-state index in [4.69, 9.17) is 28.9 Å². The van der Waals surface area contributed by atoms with E-state index in [0.29, 0.717) is 23.0 Å². The summed E-state index contributed by atoms with van der Waals surface area (Å²) in [6, 6.07) is 9.76. The van der Waals surface area contributed by atoms with Gasteiger partial charge in [-0.15, -0.1) is 0 Å². The van der Waals surface area contributed by atoms with Gasteiger partial charge in [0.1, 0.15) is 5.82 Å². The standard InChI is InChI=1S/C14H12Cl2FN/c15-10-2-4-14(16)13(7-10)12-8-11(17)3-1-9(12)5-6-18/h1-4,7-8H,5-6,18H2. The molecule has 0 amide bonds. The summed E-state index contributed by atoms with van der Waals surface area (Å²) < 4.78 is 13.4. The second-order valence-electron chi connectivity index (χ2n) is 3.96. The minimum Gasteiger partial charge on any atom is -0.330 e. The quantitative estimate of drug-likeness (QED) is 0.893. The van der Waals surface area contributed by atoms with Gasteiger partial charge in [-0.1, -0.05) is 29.3 Å². The Labute approximate surface area is 115 Å². The van der Waals surface area contributed by atoms with Crippen molar-refractivity contribution in [2.45, 2.75) is 6.42 Å². The third-order valence-corrected chi connectivity index (χ3v) is 3.27. The van der Waals surface area contributed by atoms with Gasteiger partial charge >= 0.3 is 0 Å². The van der Waals surface area contributed by atoms with E-state index in [9.17, 15) is 4.39 Å². The predicted molar refractivity (Wildman–Crippen MR) is 74.6 cm³/mol. The molecule has 2 N–H and O–H groups in total. The SMILES string of the molecule is NCCc1ccc(F)cc1-c1cc(Cl)ccc1Cl. The van der Waals surface area contributed by atoms with Crippen molar-refractivity contribution in [3.63, 3.8) is 0 Å². The normalized spacial score (nSPS) is 10.7. The van der Waals surface area contributed by atoms with Gasteiger partial charge in [-0.2, -0.15) is 0 Å². The average molecular weight is 284 g/mol. The fourth-order valence-corrected chi connectivity index (χ4v) is 2.27. The van der Waals surface area contributed by atoms with Gasteiger partial charge in [-0.05, 0) is 54.4 Å². The van der Waals surface area contributed by atoms with Crippen LogP contribution < -0.4 is 5.73 Å². The second-order valence-corrected chi connectivity index (χ2v) is 4.81. The molecule has 2 aromatic carbocycles. The average Bonchev–Trinajstić information content (AvgIpc) is 2.35. The number of rotatable bonds is 3. The monoisotopic (exact) mass is 283 g/mol. The third-order valence-electron chi connectivity index (χ3n) is 2.70. The van der Waals surface area contributed by atoms with Gasteiger partial charge in [0, 0.05) is 15.6 Å². The van der Waals surface area contributed by atoms with Crippen molar-refractivity contribution in [3.8, 4) is 11.1 Å². The Kier molecular flexibility index (Phi) is 4.23. The first-order valence-corrected chi connectivity index (χ1v) is 6.31. The molecule has 0 saturated heterocycles. The summed E-state index contributed by atoms with van der Waals surface area (Å²) in [4.78, 5) is 0. The number of hydrogen-bond acceptors (Lipinski definition) is 1. The molecular weight excluding hydrogens is 272 g/mol. The molecule has 0 unspecified atom stereocenters. The van der Waals surface area contributed by atoms with Gasteiger partial charge in [0.05, 0.1) is 0 Å². The Morgan fingerprint density at radius 1 is 1.00 bits per heavy atom. The molecule has 0 bridgehead atoms. The summed E-state index contributed by atoms with van der Waals surface area (Å²) in [5.41, 5.74) is 7.99. The number of halogens is 3. The molecule has 0 aromatic heterocycles. The molecule has 2 aromatic rings. The summed E-state index contributed by atoms with van der Waals surface area (Å²) in [7, 11) is 0. The Balaban J connectivity index is 2.61. The van der Waals surface area contributed by atoms with Crippen LogP contribution in [-0.4, -0.2) is 6.54 Å². The van der Waals surface area contributed by atoms with Gasteiger partial charge in [0.15, 0.2) is 0 Å². The van der Waals surface area contributed by atoms with Crippen molar-refractivity contribution in [1.29, 1.82) is 0 Å². The Hall–Kier alpha value is -1.09. The van der Waals surface area contributed by atoms with Crippen molar-refractivity contribution in [1.82, 2.24) is 0 Å². The number of hydrogen-bond donors (Lipinski definition) is 1. The zero-order valence-electron chi connectivity index (χ0n) is 9.59. The summed E-state index contributed by atoms with van der Waals surface area (Å²) in [6.45, 7) is 0.497. The topological polar surface area (TPSA) is 26.0 Å². The van der Waals surface area contributed by atoms with Crippen LogP contribution in [0, 0.1) is 5.82 Å². The van der Waals surface area contributed by atoms with Crippen molar-refractivity contribution in [2.24, 2.45) is 5.73 Å². The van der Waals surface area contributed by atoms with Crippen molar-refractivity contribution in [3.05, 3.63) is 57.8 Å². The van der Waals surface area contributed by atoms with Gasteiger partial charge in [0.2, 0.25) is 0 Å². The highest BCUT2D eigenvalue weighted by atomic mass is 35.5. The third kappa shape index (κ3) is 2.83. The first kappa shape index (κ1) is 13.3. The maximum Gasteiger partial charge on any atom is 0.123 e. The molecule has 4 heteroatoms. The predicted octanol–water partition coefficient (Wildman–Crippen LogP) is 4.30. The first-order chi connectivity index (χ1) is 8.61. The van der Waals surface area contributed by atoms with E-state index in [1.807, 2.05) is 0 Å². The number of nitrogens with two attached hydrogens (primary N) is 1. The lowest BCUT2D eigenvalue weighted by atomic mass is 9.97. The zero-order valence-corrected chi connectivity index (χ0v) is 11.1. The van der Waals surface area contributed by atoms with E-state index in [1.54, 1.807) is 24.3 Å². The van der Waals surface area contributed by atoms with E-state index in [-0.39, 0.29) is 5.82 Å². The highest BCUT2D eigenvalue weighted by Crippen LogP contribution is 2.33. The molecule has 0 aliphatic heterocycles. The maximum atomic E-state index is 13.4. The van der Waals surface area contributed by atoms with Gasteiger partial charge < -0.3 is 5.73 Å². The second kappa shape index (κ2) is 5.70. The molecule has 0 spiro atoms. The van der Waals surface area contributed by atoms with Gasteiger partial charge in [0.25, 0.3) is 0 Å². The van der Waals surface area contributed by atoms with E-state index in [2.05, 4.69) is 0 Å².